The highest BCUT2D eigenvalue weighted by atomic mass is 127. The van der Waals surface area contributed by atoms with Crippen molar-refractivity contribution >= 4 is 39.4 Å². The monoisotopic (exact) mass is 314 g/mol. The standard InChI is InChI=1S/C10H7IN2O2/c11-7-3-1-2-5-8(7)13-4-6(9(5)14)10(12)15/h1-4H,(H2,12,15)(H,13,14). The quantitative estimate of drug-likeness (QED) is 0.777. The first-order chi connectivity index (χ1) is 7.11. The van der Waals surface area contributed by atoms with E-state index in [4.69, 9.17) is 5.73 Å². The van der Waals surface area contributed by atoms with E-state index < -0.39 is 5.91 Å². The van der Waals surface area contributed by atoms with Gasteiger partial charge in [-0.2, -0.15) is 0 Å². The van der Waals surface area contributed by atoms with Crippen molar-refractivity contribution in [3.8, 4) is 0 Å². The van der Waals surface area contributed by atoms with Gasteiger partial charge in [-0.25, -0.2) is 0 Å². The van der Waals surface area contributed by atoms with Crippen LogP contribution in [0.5, 0.6) is 0 Å². The van der Waals surface area contributed by atoms with Gasteiger partial charge in [0.05, 0.1) is 5.52 Å². The van der Waals surface area contributed by atoms with Crippen LogP contribution >= 0.6 is 22.6 Å². The maximum Gasteiger partial charge on any atom is 0.254 e. The summed E-state index contributed by atoms with van der Waals surface area (Å²) in [6, 6.07) is 5.32. The topological polar surface area (TPSA) is 76.0 Å². The van der Waals surface area contributed by atoms with Crippen LogP contribution < -0.4 is 11.2 Å². The van der Waals surface area contributed by atoms with Crippen molar-refractivity contribution in [2.45, 2.75) is 0 Å². The first-order valence-electron chi connectivity index (χ1n) is 4.21. The van der Waals surface area contributed by atoms with E-state index in [2.05, 4.69) is 27.6 Å². The Bertz CT molecular complexity index is 604. The third-order valence-electron chi connectivity index (χ3n) is 2.13. The van der Waals surface area contributed by atoms with Crippen molar-refractivity contribution in [1.29, 1.82) is 0 Å². The smallest absolute Gasteiger partial charge is 0.254 e. The number of benzene rings is 1. The Kier molecular flexibility index (Phi) is 2.47. The molecule has 2 rings (SSSR count). The SMILES string of the molecule is NC(=O)c1c[nH]c2c(I)cccc2c1=O. The Labute approximate surface area is 98.6 Å². The Morgan fingerprint density at radius 3 is 2.80 bits per heavy atom. The van der Waals surface area contributed by atoms with Crippen molar-refractivity contribution in [3.05, 3.63) is 43.8 Å². The van der Waals surface area contributed by atoms with Gasteiger partial charge in [-0.15, -0.1) is 0 Å². The Balaban J connectivity index is 2.92. The van der Waals surface area contributed by atoms with Gasteiger partial charge in [0, 0.05) is 15.2 Å². The number of halogens is 1. The number of nitrogens with two attached hydrogens (primary N) is 1. The van der Waals surface area contributed by atoms with Crippen LogP contribution in [0.1, 0.15) is 10.4 Å². The van der Waals surface area contributed by atoms with Crippen LogP contribution in [0.15, 0.2) is 29.2 Å². The van der Waals surface area contributed by atoms with Gasteiger partial charge in [0.25, 0.3) is 5.91 Å². The van der Waals surface area contributed by atoms with E-state index in [0.717, 1.165) is 9.09 Å². The molecule has 4 nitrogen and oxygen atoms in total. The summed E-state index contributed by atoms with van der Waals surface area (Å²) in [5, 5.41) is 0.484. The molecule has 1 aromatic heterocycles. The van der Waals surface area contributed by atoms with Gasteiger partial charge in [-0.1, -0.05) is 6.07 Å². The van der Waals surface area contributed by atoms with Crippen LogP contribution in [-0.4, -0.2) is 10.9 Å². The fourth-order valence-electron chi connectivity index (χ4n) is 1.40. The number of primary amides is 1. The number of H-pyrrole nitrogens is 1. The summed E-state index contributed by atoms with van der Waals surface area (Å²) < 4.78 is 0.929. The third kappa shape index (κ3) is 1.63. The number of hydrogen-bond acceptors (Lipinski definition) is 2. The summed E-state index contributed by atoms with van der Waals surface area (Å²) in [4.78, 5) is 25.7. The second kappa shape index (κ2) is 3.65. The molecule has 15 heavy (non-hydrogen) atoms. The predicted molar refractivity (Wildman–Crippen MR) is 65.8 cm³/mol. The second-order valence-electron chi connectivity index (χ2n) is 3.06. The lowest BCUT2D eigenvalue weighted by Gasteiger charge is -2.01. The van der Waals surface area contributed by atoms with Crippen LogP contribution in [0, 0.1) is 3.57 Å². The molecule has 0 aliphatic rings. The molecule has 0 bridgehead atoms. The summed E-state index contributed by atoms with van der Waals surface area (Å²) >= 11 is 2.12. The molecule has 0 atom stereocenters. The van der Waals surface area contributed by atoms with E-state index in [1.807, 2.05) is 6.07 Å². The molecule has 1 aromatic carbocycles. The second-order valence-corrected chi connectivity index (χ2v) is 4.22. The molecule has 0 radical (unpaired) electrons. The fourth-order valence-corrected chi connectivity index (χ4v) is 2.05. The Hall–Kier alpha value is -1.37. The zero-order valence-corrected chi connectivity index (χ0v) is 9.74. The number of hydrogen-bond donors (Lipinski definition) is 2. The number of fused-ring (bicyclic) bond motifs is 1. The fraction of sp³-hybridized carbons (Fsp3) is 0. The zero-order chi connectivity index (χ0) is 11.0. The minimum absolute atomic E-state index is 0.00972. The number of aromatic amines is 1. The highest BCUT2D eigenvalue weighted by Gasteiger charge is 2.10. The average molecular weight is 314 g/mol. The molecule has 1 amide bonds. The van der Waals surface area contributed by atoms with Crippen LogP contribution in [0.4, 0.5) is 0 Å². The Morgan fingerprint density at radius 1 is 1.40 bits per heavy atom. The van der Waals surface area contributed by atoms with E-state index in [1.165, 1.54) is 6.20 Å². The van der Waals surface area contributed by atoms with Crippen molar-refractivity contribution in [3.63, 3.8) is 0 Å². The molecular formula is C10H7IN2O2. The number of para-hydroxylation sites is 1. The first-order valence-corrected chi connectivity index (χ1v) is 5.29. The van der Waals surface area contributed by atoms with E-state index in [9.17, 15) is 9.59 Å². The van der Waals surface area contributed by atoms with E-state index in [1.54, 1.807) is 12.1 Å². The van der Waals surface area contributed by atoms with Crippen LogP contribution in [0.3, 0.4) is 0 Å². The minimum Gasteiger partial charge on any atom is -0.365 e. The zero-order valence-electron chi connectivity index (χ0n) is 7.58. The molecule has 3 N–H and O–H groups in total. The van der Waals surface area contributed by atoms with Gasteiger partial charge in [0.15, 0.2) is 0 Å². The van der Waals surface area contributed by atoms with Crippen molar-refractivity contribution in [2.24, 2.45) is 5.73 Å². The first kappa shape index (κ1) is 10.2. The van der Waals surface area contributed by atoms with E-state index in [-0.39, 0.29) is 11.0 Å². The summed E-state index contributed by atoms with van der Waals surface area (Å²) in [7, 11) is 0. The predicted octanol–water partition coefficient (Wildman–Crippen LogP) is 1.23. The highest BCUT2D eigenvalue weighted by molar-refractivity contribution is 14.1. The van der Waals surface area contributed by atoms with Gasteiger partial charge < -0.3 is 10.7 Å². The number of aromatic nitrogens is 1. The molecule has 1 heterocycles. The van der Waals surface area contributed by atoms with Gasteiger partial charge >= 0.3 is 0 Å². The van der Waals surface area contributed by atoms with Gasteiger partial charge in [0.1, 0.15) is 5.56 Å². The number of carbonyl (C=O) groups excluding carboxylic acids is 1. The molecular weight excluding hydrogens is 307 g/mol. The number of carbonyl (C=O) groups is 1. The molecule has 0 saturated heterocycles. The lowest BCUT2D eigenvalue weighted by atomic mass is 10.1. The van der Waals surface area contributed by atoms with Crippen molar-refractivity contribution in [1.82, 2.24) is 4.98 Å². The van der Waals surface area contributed by atoms with Crippen LogP contribution in [0.2, 0.25) is 0 Å². The minimum atomic E-state index is -0.711. The molecule has 0 aliphatic carbocycles. The molecule has 5 heteroatoms. The van der Waals surface area contributed by atoms with Gasteiger partial charge in [-0.3, -0.25) is 9.59 Å². The third-order valence-corrected chi connectivity index (χ3v) is 3.03. The van der Waals surface area contributed by atoms with Gasteiger partial charge in [0.2, 0.25) is 5.43 Å². The number of nitrogens with one attached hydrogen (secondary N) is 1. The molecule has 0 spiro atoms. The summed E-state index contributed by atoms with van der Waals surface area (Å²) in [5.74, 6) is -0.711. The van der Waals surface area contributed by atoms with Crippen LogP contribution in [0.25, 0.3) is 10.9 Å². The average Bonchev–Trinajstić information content (AvgIpc) is 2.19. The Morgan fingerprint density at radius 2 is 2.13 bits per heavy atom. The molecule has 0 aliphatic heterocycles. The lowest BCUT2D eigenvalue weighted by Crippen LogP contribution is -2.22. The molecule has 0 saturated carbocycles. The van der Waals surface area contributed by atoms with E-state index in [0.29, 0.717) is 5.39 Å². The summed E-state index contributed by atoms with van der Waals surface area (Å²) in [5.41, 5.74) is 5.48. The molecule has 2 aromatic rings. The molecule has 0 unspecified atom stereocenters. The summed E-state index contributed by atoms with van der Waals surface area (Å²) in [6.07, 6.45) is 1.36. The van der Waals surface area contributed by atoms with E-state index >= 15 is 0 Å². The molecule has 76 valence electrons. The number of pyridine rings is 1. The maximum atomic E-state index is 11.8. The summed E-state index contributed by atoms with van der Waals surface area (Å²) in [6.45, 7) is 0. The normalized spacial score (nSPS) is 10.5. The van der Waals surface area contributed by atoms with Crippen LogP contribution in [-0.2, 0) is 0 Å². The number of rotatable bonds is 1. The van der Waals surface area contributed by atoms with Crippen molar-refractivity contribution < 1.29 is 4.79 Å². The van der Waals surface area contributed by atoms with Gasteiger partial charge in [-0.05, 0) is 34.7 Å². The molecule has 0 fully saturated rings. The highest BCUT2D eigenvalue weighted by Crippen LogP contribution is 2.15. The maximum absolute atomic E-state index is 11.8. The largest absolute Gasteiger partial charge is 0.365 e. The number of amides is 1. The van der Waals surface area contributed by atoms with Crippen molar-refractivity contribution in [2.75, 3.05) is 0 Å². The lowest BCUT2D eigenvalue weighted by molar-refractivity contribution is 0.0999.